The van der Waals surface area contributed by atoms with E-state index < -0.39 is 11.9 Å². The van der Waals surface area contributed by atoms with Crippen molar-refractivity contribution in [2.24, 2.45) is 0 Å². The topological polar surface area (TPSA) is 105 Å². The third-order valence-electron chi connectivity index (χ3n) is 3.14. The predicted octanol–water partition coefficient (Wildman–Crippen LogP) is 3.45. The summed E-state index contributed by atoms with van der Waals surface area (Å²) >= 11 is 3.33. The maximum atomic E-state index is 12.2. The molecule has 0 aliphatic heterocycles. The highest BCUT2D eigenvalue weighted by atomic mass is 79.9. The number of hydrogen-bond acceptors (Lipinski definition) is 5. The number of benzene rings is 2. The number of carbonyl (C=O) groups excluding carboxylic acids is 1. The summed E-state index contributed by atoms with van der Waals surface area (Å²) in [6, 6.07) is 13.0. The molecule has 0 unspecified atom stereocenters. The molecule has 24 heavy (non-hydrogen) atoms. The molecule has 0 aliphatic carbocycles. The first-order valence-electron chi connectivity index (χ1n) is 6.78. The maximum absolute atomic E-state index is 12.2. The van der Waals surface area contributed by atoms with Crippen LogP contribution in [-0.2, 0) is 0 Å². The van der Waals surface area contributed by atoms with Crippen molar-refractivity contribution in [1.82, 2.24) is 10.2 Å². The van der Waals surface area contributed by atoms with Crippen molar-refractivity contribution < 1.29 is 19.1 Å². The molecule has 3 aromatic rings. The van der Waals surface area contributed by atoms with Crippen molar-refractivity contribution in [1.29, 1.82) is 0 Å². The molecule has 0 saturated heterocycles. The summed E-state index contributed by atoms with van der Waals surface area (Å²) in [6.45, 7) is 0. The standard InChI is InChI=1S/C16H10BrN3O4/c17-10-7-5-9(6-8-10)14-19-20-16(24-14)18-13(21)11-3-1-2-4-12(11)15(22)23/h1-8H,(H,22,23)(H,18,20,21). The van der Waals surface area contributed by atoms with E-state index in [0.717, 1.165) is 4.47 Å². The summed E-state index contributed by atoms with van der Waals surface area (Å²) in [4.78, 5) is 23.4. The van der Waals surface area contributed by atoms with E-state index in [-0.39, 0.29) is 23.0 Å². The van der Waals surface area contributed by atoms with Gasteiger partial charge in [-0.2, -0.15) is 0 Å². The van der Waals surface area contributed by atoms with Gasteiger partial charge < -0.3 is 9.52 Å². The lowest BCUT2D eigenvalue weighted by molar-refractivity contribution is 0.0692. The van der Waals surface area contributed by atoms with E-state index in [2.05, 4.69) is 31.4 Å². The average Bonchev–Trinajstić information content (AvgIpc) is 3.04. The zero-order valence-corrected chi connectivity index (χ0v) is 13.6. The Bertz CT molecular complexity index is 906. The fourth-order valence-electron chi connectivity index (χ4n) is 2.01. The van der Waals surface area contributed by atoms with Gasteiger partial charge in [0.2, 0.25) is 5.89 Å². The summed E-state index contributed by atoms with van der Waals surface area (Å²) in [5, 5.41) is 19.1. The molecule has 1 heterocycles. The molecule has 0 bridgehead atoms. The van der Waals surface area contributed by atoms with Crippen LogP contribution in [0.15, 0.2) is 57.4 Å². The highest BCUT2D eigenvalue weighted by Crippen LogP contribution is 2.22. The van der Waals surface area contributed by atoms with E-state index in [9.17, 15) is 9.59 Å². The number of rotatable bonds is 4. The molecule has 3 rings (SSSR count). The van der Waals surface area contributed by atoms with Crippen molar-refractivity contribution in [3.05, 3.63) is 64.1 Å². The van der Waals surface area contributed by atoms with Crippen LogP contribution in [-0.4, -0.2) is 27.2 Å². The largest absolute Gasteiger partial charge is 0.478 e. The second-order valence-electron chi connectivity index (χ2n) is 4.72. The van der Waals surface area contributed by atoms with Gasteiger partial charge in [-0.15, -0.1) is 5.10 Å². The van der Waals surface area contributed by atoms with E-state index >= 15 is 0 Å². The quantitative estimate of drug-likeness (QED) is 0.709. The molecule has 0 atom stereocenters. The smallest absolute Gasteiger partial charge is 0.336 e. The van der Waals surface area contributed by atoms with Crippen molar-refractivity contribution in [2.45, 2.75) is 0 Å². The lowest BCUT2D eigenvalue weighted by Gasteiger charge is -2.04. The molecule has 0 spiro atoms. The molecule has 0 saturated carbocycles. The molecule has 1 aromatic heterocycles. The van der Waals surface area contributed by atoms with Crippen LogP contribution in [0.2, 0.25) is 0 Å². The van der Waals surface area contributed by atoms with Crippen LogP contribution in [0.3, 0.4) is 0 Å². The number of carbonyl (C=O) groups is 2. The monoisotopic (exact) mass is 387 g/mol. The van der Waals surface area contributed by atoms with Gasteiger partial charge in [0.25, 0.3) is 5.91 Å². The van der Waals surface area contributed by atoms with E-state index in [1.54, 1.807) is 24.3 Å². The zero-order chi connectivity index (χ0) is 17.1. The van der Waals surface area contributed by atoms with Crippen LogP contribution < -0.4 is 5.32 Å². The van der Waals surface area contributed by atoms with Crippen LogP contribution in [0.4, 0.5) is 6.01 Å². The van der Waals surface area contributed by atoms with Crippen molar-refractivity contribution in [2.75, 3.05) is 5.32 Å². The lowest BCUT2D eigenvalue weighted by atomic mass is 10.1. The van der Waals surface area contributed by atoms with Gasteiger partial charge in [0.1, 0.15) is 0 Å². The Morgan fingerprint density at radius 3 is 2.33 bits per heavy atom. The second kappa shape index (κ2) is 6.63. The number of nitrogens with one attached hydrogen (secondary N) is 1. The molecule has 7 nitrogen and oxygen atoms in total. The van der Waals surface area contributed by atoms with E-state index in [1.165, 1.54) is 12.1 Å². The number of anilines is 1. The number of amides is 1. The minimum absolute atomic E-state index is 0.00777. The molecule has 2 N–H and O–H groups in total. The molecule has 8 heteroatoms. The molecule has 1 amide bonds. The first-order valence-corrected chi connectivity index (χ1v) is 7.57. The van der Waals surface area contributed by atoms with Gasteiger partial charge in [0, 0.05) is 10.0 Å². The lowest BCUT2D eigenvalue weighted by Crippen LogP contribution is -2.16. The predicted molar refractivity (Wildman–Crippen MR) is 88.8 cm³/mol. The Hall–Kier alpha value is -3.00. The summed E-state index contributed by atoms with van der Waals surface area (Å²) < 4.78 is 6.29. The minimum atomic E-state index is -1.19. The number of halogens is 1. The fourth-order valence-corrected chi connectivity index (χ4v) is 2.28. The molecule has 0 aliphatic rings. The van der Waals surface area contributed by atoms with E-state index in [4.69, 9.17) is 9.52 Å². The van der Waals surface area contributed by atoms with Gasteiger partial charge >= 0.3 is 12.0 Å². The van der Waals surface area contributed by atoms with Gasteiger partial charge in [-0.3, -0.25) is 10.1 Å². The first kappa shape index (κ1) is 15.9. The zero-order valence-electron chi connectivity index (χ0n) is 12.1. The average molecular weight is 388 g/mol. The Morgan fingerprint density at radius 1 is 1.00 bits per heavy atom. The van der Waals surface area contributed by atoms with Gasteiger partial charge in [-0.25, -0.2) is 4.79 Å². The maximum Gasteiger partial charge on any atom is 0.336 e. The number of nitrogens with zero attached hydrogens (tertiary/aromatic N) is 2. The van der Waals surface area contributed by atoms with Gasteiger partial charge in [0.05, 0.1) is 11.1 Å². The van der Waals surface area contributed by atoms with Crippen molar-refractivity contribution in [3.63, 3.8) is 0 Å². The molecular formula is C16H10BrN3O4. The minimum Gasteiger partial charge on any atom is -0.478 e. The third-order valence-corrected chi connectivity index (χ3v) is 3.67. The number of carboxylic acid groups (broad SMARTS) is 1. The Kier molecular flexibility index (Phi) is 4.39. The van der Waals surface area contributed by atoms with Gasteiger partial charge in [-0.1, -0.05) is 33.2 Å². The van der Waals surface area contributed by atoms with Gasteiger partial charge in [-0.05, 0) is 36.4 Å². The van der Waals surface area contributed by atoms with E-state index in [0.29, 0.717) is 5.56 Å². The number of aromatic carboxylic acids is 1. The van der Waals surface area contributed by atoms with Crippen molar-refractivity contribution >= 4 is 33.8 Å². The summed E-state index contributed by atoms with van der Waals surface area (Å²) in [6.07, 6.45) is 0. The molecular weight excluding hydrogens is 378 g/mol. The normalized spacial score (nSPS) is 10.4. The molecule has 2 aromatic carbocycles. The summed E-state index contributed by atoms with van der Waals surface area (Å²) in [7, 11) is 0. The Labute approximate surface area is 144 Å². The van der Waals surface area contributed by atoms with Crippen LogP contribution in [0, 0.1) is 0 Å². The number of carboxylic acids is 1. The SMILES string of the molecule is O=C(O)c1ccccc1C(=O)Nc1nnc(-c2ccc(Br)cc2)o1. The van der Waals surface area contributed by atoms with Crippen LogP contribution in [0.1, 0.15) is 20.7 Å². The fraction of sp³-hybridized carbons (Fsp3) is 0. The Morgan fingerprint density at radius 2 is 1.67 bits per heavy atom. The summed E-state index contributed by atoms with van der Waals surface area (Å²) in [5.74, 6) is -1.59. The number of aromatic nitrogens is 2. The van der Waals surface area contributed by atoms with Crippen LogP contribution >= 0.6 is 15.9 Å². The first-order chi connectivity index (χ1) is 11.5. The summed E-state index contributed by atoms with van der Waals surface area (Å²) in [5.41, 5.74) is 0.591. The Balaban J connectivity index is 1.81. The van der Waals surface area contributed by atoms with E-state index in [1.807, 2.05) is 12.1 Å². The van der Waals surface area contributed by atoms with Crippen molar-refractivity contribution in [3.8, 4) is 11.5 Å². The van der Waals surface area contributed by atoms with Gasteiger partial charge in [0.15, 0.2) is 0 Å². The second-order valence-corrected chi connectivity index (χ2v) is 5.64. The highest BCUT2D eigenvalue weighted by Gasteiger charge is 2.18. The molecule has 0 fully saturated rings. The highest BCUT2D eigenvalue weighted by molar-refractivity contribution is 9.10. The van der Waals surface area contributed by atoms with Crippen LogP contribution in [0.25, 0.3) is 11.5 Å². The third kappa shape index (κ3) is 3.33. The molecule has 0 radical (unpaired) electrons. The van der Waals surface area contributed by atoms with Crippen LogP contribution in [0.5, 0.6) is 0 Å². The number of hydrogen-bond donors (Lipinski definition) is 2. The molecule has 120 valence electrons.